The van der Waals surface area contributed by atoms with Crippen molar-refractivity contribution < 1.29 is 24.6 Å². The number of aliphatic hydroxyl groups excluding tert-OH is 2. The molecule has 0 aliphatic carbocycles. The summed E-state index contributed by atoms with van der Waals surface area (Å²) in [7, 11) is 0. The van der Waals surface area contributed by atoms with Crippen molar-refractivity contribution >= 4 is 29.1 Å². The molecular formula is C31H46N4O5S. The van der Waals surface area contributed by atoms with Crippen LogP contribution >= 0.6 is 11.3 Å². The minimum atomic E-state index is -0.829. The quantitative estimate of drug-likeness (QED) is 0.261. The molecule has 10 heteroatoms. The Labute approximate surface area is 247 Å². The fourth-order valence-electron chi connectivity index (χ4n) is 5.18. The van der Waals surface area contributed by atoms with Gasteiger partial charge in [0, 0.05) is 26.0 Å². The third-order valence-electron chi connectivity index (χ3n) is 7.62. The maximum absolute atomic E-state index is 13.8. The zero-order valence-corrected chi connectivity index (χ0v) is 25.8. The van der Waals surface area contributed by atoms with Crippen molar-refractivity contribution in [2.45, 2.75) is 104 Å². The van der Waals surface area contributed by atoms with E-state index in [1.807, 2.05) is 64.4 Å². The first-order valence-corrected chi connectivity index (χ1v) is 15.5. The van der Waals surface area contributed by atoms with Crippen LogP contribution in [0, 0.1) is 12.3 Å². The van der Waals surface area contributed by atoms with Crippen LogP contribution < -0.4 is 10.6 Å². The molecule has 1 aromatic carbocycles. The third kappa shape index (κ3) is 9.08. The maximum atomic E-state index is 13.8. The molecule has 0 spiro atoms. The zero-order valence-electron chi connectivity index (χ0n) is 25.0. The lowest BCUT2D eigenvalue weighted by Gasteiger charge is -2.35. The summed E-state index contributed by atoms with van der Waals surface area (Å²) >= 11 is 1.59. The van der Waals surface area contributed by atoms with Crippen LogP contribution in [-0.4, -0.2) is 69.2 Å². The lowest BCUT2D eigenvalue weighted by molar-refractivity contribution is -0.144. The summed E-state index contributed by atoms with van der Waals surface area (Å²) in [5, 5.41) is 25.3. The molecule has 2 aromatic rings. The van der Waals surface area contributed by atoms with Gasteiger partial charge in [-0.3, -0.25) is 14.4 Å². The second kappa shape index (κ2) is 14.9. The molecule has 1 aliphatic rings. The second-order valence-electron chi connectivity index (χ2n) is 12.1. The molecule has 41 heavy (non-hydrogen) atoms. The summed E-state index contributed by atoms with van der Waals surface area (Å²) in [6.07, 6.45) is 3.87. The number of aliphatic hydroxyl groups is 2. The number of hydrogen-bond donors (Lipinski definition) is 4. The van der Waals surface area contributed by atoms with Crippen LogP contribution in [-0.2, 0) is 14.4 Å². The number of carbonyl (C=O) groups is 3. The molecule has 226 valence electrons. The normalized spacial score (nSPS) is 18.7. The van der Waals surface area contributed by atoms with Gasteiger partial charge in [-0.1, -0.05) is 64.3 Å². The molecule has 0 saturated carbocycles. The summed E-state index contributed by atoms with van der Waals surface area (Å²) in [5.74, 6) is -0.888. The minimum Gasteiger partial charge on any atom is -0.396 e. The van der Waals surface area contributed by atoms with Crippen molar-refractivity contribution in [3.8, 4) is 10.4 Å². The molecule has 4 N–H and O–H groups in total. The van der Waals surface area contributed by atoms with Crippen LogP contribution in [0.4, 0.5) is 0 Å². The summed E-state index contributed by atoms with van der Waals surface area (Å²) in [6, 6.07) is 6.02. The Hall–Kier alpha value is -2.82. The Balaban J connectivity index is 1.63. The Morgan fingerprint density at radius 1 is 1.07 bits per heavy atom. The van der Waals surface area contributed by atoms with Gasteiger partial charge in [-0.05, 0) is 43.2 Å². The molecule has 4 atom stereocenters. The van der Waals surface area contributed by atoms with Crippen molar-refractivity contribution in [2.75, 3.05) is 13.2 Å². The number of aryl methyl sites for hydroxylation is 1. The first-order valence-electron chi connectivity index (χ1n) is 14.6. The Bertz CT molecular complexity index is 1160. The number of benzene rings is 1. The van der Waals surface area contributed by atoms with Gasteiger partial charge in [0.05, 0.1) is 28.2 Å². The number of aromatic nitrogens is 1. The summed E-state index contributed by atoms with van der Waals surface area (Å²) < 4.78 is 0. The van der Waals surface area contributed by atoms with Crippen LogP contribution in [0.15, 0.2) is 29.8 Å². The molecule has 1 fully saturated rings. The van der Waals surface area contributed by atoms with Gasteiger partial charge in [-0.15, -0.1) is 11.3 Å². The number of β-amino-alcohol motifs (C(OH)–C–C–N with tert-alkyl or cyclic N) is 1. The van der Waals surface area contributed by atoms with E-state index >= 15 is 0 Å². The first-order chi connectivity index (χ1) is 19.4. The number of nitrogens with one attached hydrogen (secondary N) is 2. The lowest BCUT2D eigenvalue weighted by atomic mass is 9.85. The van der Waals surface area contributed by atoms with Gasteiger partial charge in [0.2, 0.25) is 17.7 Å². The number of unbranched alkanes of at least 4 members (excludes halogenated alkanes) is 4. The van der Waals surface area contributed by atoms with E-state index in [1.165, 1.54) is 4.90 Å². The highest BCUT2D eigenvalue weighted by atomic mass is 32.1. The molecule has 3 rings (SSSR count). The third-order valence-corrected chi connectivity index (χ3v) is 8.60. The van der Waals surface area contributed by atoms with Gasteiger partial charge < -0.3 is 25.7 Å². The molecule has 0 radical (unpaired) electrons. The number of thiazole rings is 1. The maximum Gasteiger partial charge on any atom is 0.246 e. The molecule has 9 nitrogen and oxygen atoms in total. The molecule has 1 saturated heterocycles. The monoisotopic (exact) mass is 586 g/mol. The molecule has 0 unspecified atom stereocenters. The summed E-state index contributed by atoms with van der Waals surface area (Å²) in [5.41, 5.74) is 4.21. The molecular weight excluding hydrogens is 540 g/mol. The van der Waals surface area contributed by atoms with Gasteiger partial charge in [0.15, 0.2) is 0 Å². The van der Waals surface area contributed by atoms with E-state index < -0.39 is 23.6 Å². The lowest BCUT2D eigenvalue weighted by Crippen LogP contribution is -2.57. The van der Waals surface area contributed by atoms with Gasteiger partial charge in [0.1, 0.15) is 12.1 Å². The number of carbonyl (C=O) groups excluding carboxylic acids is 3. The van der Waals surface area contributed by atoms with Crippen molar-refractivity contribution in [3.63, 3.8) is 0 Å². The summed E-state index contributed by atoms with van der Waals surface area (Å²) in [4.78, 5) is 46.8. The average Bonchev–Trinajstić information content (AvgIpc) is 3.53. The predicted octanol–water partition coefficient (Wildman–Crippen LogP) is 4.12. The van der Waals surface area contributed by atoms with E-state index in [2.05, 4.69) is 15.6 Å². The highest BCUT2D eigenvalue weighted by Crippen LogP contribution is 2.29. The zero-order chi connectivity index (χ0) is 30.2. The molecule has 0 bridgehead atoms. The standard InChI is InChI=1S/C31H46N4O5S/c1-20(22-12-14-23(15-13-22)27-21(2)32-19-41-27)33-29(39)25-17-24(37)18-35(25)30(40)28(31(3,4)5)34-26(38)11-9-7-6-8-10-16-36/h12-15,19-20,24-25,28,36-37H,6-11,16-18H2,1-5H3,(H,33,39)(H,34,38)/t20-,24+,25-,28+/m0/s1. The number of nitrogens with zero attached hydrogens (tertiary/aromatic N) is 2. The Kier molecular flexibility index (Phi) is 11.9. The first kappa shape index (κ1) is 32.7. The van der Waals surface area contributed by atoms with E-state index in [0.29, 0.717) is 12.8 Å². The highest BCUT2D eigenvalue weighted by molar-refractivity contribution is 7.13. The van der Waals surface area contributed by atoms with Crippen molar-refractivity contribution in [1.29, 1.82) is 0 Å². The smallest absolute Gasteiger partial charge is 0.246 e. The number of likely N-dealkylation sites (tertiary alicyclic amines) is 1. The number of hydrogen-bond acceptors (Lipinski definition) is 7. The van der Waals surface area contributed by atoms with E-state index in [9.17, 15) is 19.5 Å². The topological polar surface area (TPSA) is 132 Å². The fraction of sp³-hybridized carbons (Fsp3) is 0.613. The molecule has 2 heterocycles. The van der Waals surface area contributed by atoms with Crippen LogP contribution in [0.3, 0.4) is 0 Å². The highest BCUT2D eigenvalue weighted by Gasteiger charge is 2.44. The van der Waals surface area contributed by atoms with Crippen molar-refractivity contribution in [1.82, 2.24) is 20.5 Å². The van der Waals surface area contributed by atoms with Crippen molar-refractivity contribution in [3.05, 3.63) is 41.0 Å². The molecule has 1 aliphatic heterocycles. The van der Waals surface area contributed by atoms with Gasteiger partial charge in [0.25, 0.3) is 0 Å². The van der Waals surface area contributed by atoms with E-state index in [4.69, 9.17) is 5.11 Å². The van der Waals surface area contributed by atoms with Crippen LogP contribution in [0.25, 0.3) is 10.4 Å². The SMILES string of the molecule is Cc1ncsc1-c1ccc([C@H](C)NC(=O)[C@@H]2C[C@@H](O)CN2C(=O)[C@@H](NC(=O)CCCCCCCO)C(C)(C)C)cc1. The second-order valence-corrected chi connectivity index (χ2v) is 13.0. The number of rotatable bonds is 13. The fourth-order valence-corrected chi connectivity index (χ4v) is 5.99. The average molecular weight is 587 g/mol. The van der Waals surface area contributed by atoms with Crippen LogP contribution in [0.2, 0.25) is 0 Å². The van der Waals surface area contributed by atoms with E-state index in [1.54, 1.807) is 11.3 Å². The predicted molar refractivity (Wildman–Crippen MR) is 161 cm³/mol. The van der Waals surface area contributed by atoms with Gasteiger partial charge >= 0.3 is 0 Å². The Morgan fingerprint density at radius 2 is 1.73 bits per heavy atom. The largest absolute Gasteiger partial charge is 0.396 e. The Morgan fingerprint density at radius 3 is 2.34 bits per heavy atom. The minimum absolute atomic E-state index is 0.0432. The molecule has 1 aromatic heterocycles. The molecule has 3 amide bonds. The van der Waals surface area contributed by atoms with Gasteiger partial charge in [-0.2, -0.15) is 0 Å². The van der Waals surface area contributed by atoms with Crippen LogP contribution in [0.1, 0.15) is 89.9 Å². The summed E-state index contributed by atoms with van der Waals surface area (Å²) in [6.45, 7) is 9.74. The van der Waals surface area contributed by atoms with Crippen LogP contribution in [0.5, 0.6) is 0 Å². The van der Waals surface area contributed by atoms with E-state index in [0.717, 1.165) is 47.4 Å². The van der Waals surface area contributed by atoms with Gasteiger partial charge in [-0.25, -0.2) is 4.98 Å². The number of amides is 3. The van der Waals surface area contributed by atoms with E-state index in [-0.39, 0.29) is 43.3 Å². The van der Waals surface area contributed by atoms with Crippen molar-refractivity contribution in [2.24, 2.45) is 5.41 Å².